The molecule has 0 radical (unpaired) electrons. The third-order valence-electron chi connectivity index (χ3n) is 2.74. The molecule has 17 heavy (non-hydrogen) atoms. The number of rotatable bonds is 6. The van der Waals surface area contributed by atoms with E-state index >= 15 is 0 Å². The average molecular weight is 236 g/mol. The van der Waals surface area contributed by atoms with Crippen LogP contribution in [0.5, 0.6) is 0 Å². The van der Waals surface area contributed by atoms with E-state index in [1.165, 1.54) is 25.0 Å². The molecule has 92 valence electrons. The lowest BCUT2D eigenvalue weighted by Gasteiger charge is -2.06. The summed E-state index contributed by atoms with van der Waals surface area (Å²) < 4.78 is 12.9. The molecule has 1 aromatic carbocycles. The van der Waals surface area contributed by atoms with Crippen molar-refractivity contribution in [2.45, 2.75) is 25.3 Å². The Morgan fingerprint density at radius 3 is 2.88 bits per heavy atom. The second-order valence-corrected chi connectivity index (χ2v) is 4.35. The molecule has 0 bridgehead atoms. The highest BCUT2D eigenvalue weighted by Gasteiger charge is 2.19. The van der Waals surface area contributed by atoms with Gasteiger partial charge in [0.05, 0.1) is 0 Å². The van der Waals surface area contributed by atoms with Gasteiger partial charge >= 0.3 is 0 Å². The van der Waals surface area contributed by atoms with Gasteiger partial charge in [0, 0.05) is 18.2 Å². The standard InChI is InChI=1S/C13H17FN2O/c14-11-4-1-3-10(9-11)13(17)16-8-2-7-15-12-5-6-12/h1,3-4,9,12,15H,2,5-8H2,(H,16,17). The second-order valence-electron chi connectivity index (χ2n) is 4.35. The molecule has 0 unspecified atom stereocenters. The van der Waals surface area contributed by atoms with Crippen molar-refractivity contribution in [3.63, 3.8) is 0 Å². The smallest absolute Gasteiger partial charge is 0.251 e. The Morgan fingerprint density at radius 1 is 1.35 bits per heavy atom. The van der Waals surface area contributed by atoms with E-state index in [2.05, 4.69) is 10.6 Å². The molecule has 1 amide bonds. The van der Waals surface area contributed by atoms with Crippen LogP contribution >= 0.6 is 0 Å². The third kappa shape index (κ3) is 4.15. The zero-order valence-electron chi connectivity index (χ0n) is 9.71. The SMILES string of the molecule is O=C(NCCCNC1CC1)c1cccc(F)c1. The van der Waals surface area contributed by atoms with Crippen molar-refractivity contribution >= 4 is 5.91 Å². The molecular formula is C13H17FN2O. The Morgan fingerprint density at radius 2 is 2.18 bits per heavy atom. The van der Waals surface area contributed by atoms with E-state index in [0.717, 1.165) is 13.0 Å². The van der Waals surface area contributed by atoms with Crippen LogP contribution in [0.1, 0.15) is 29.6 Å². The highest BCUT2D eigenvalue weighted by molar-refractivity contribution is 5.94. The normalized spacial score (nSPS) is 14.6. The van der Waals surface area contributed by atoms with Crippen LogP contribution < -0.4 is 10.6 Å². The topological polar surface area (TPSA) is 41.1 Å². The van der Waals surface area contributed by atoms with E-state index < -0.39 is 0 Å². The van der Waals surface area contributed by atoms with Gasteiger partial charge in [0.2, 0.25) is 0 Å². The first-order chi connectivity index (χ1) is 8.25. The van der Waals surface area contributed by atoms with Crippen LogP contribution in [0, 0.1) is 5.82 Å². The minimum Gasteiger partial charge on any atom is -0.352 e. The van der Waals surface area contributed by atoms with Crippen LogP contribution in [0.2, 0.25) is 0 Å². The lowest BCUT2D eigenvalue weighted by atomic mass is 10.2. The largest absolute Gasteiger partial charge is 0.352 e. The molecule has 0 aromatic heterocycles. The Bertz CT molecular complexity index is 391. The summed E-state index contributed by atoms with van der Waals surface area (Å²) in [6.07, 6.45) is 3.45. The van der Waals surface area contributed by atoms with Gasteiger partial charge in [-0.25, -0.2) is 4.39 Å². The molecule has 0 spiro atoms. The Hall–Kier alpha value is -1.42. The van der Waals surface area contributed by atoms with Crippen LogP contribution in [0.25, 0.3) is 0 Å². The van der Waals surface area contributed by atoms with Gasteiger partial charge in [-0.2, -0.15) is 0 Å². The zero-order valence-corrected chi connectivity index (χ0v) is 9.71. The van der Waals surface area contributed by atoms with Crippen molar-refractivity contribution < 1.29 is 9.18 Å². The second kappa shape index (κ2) is 5.77. The number of hydrogen-bond acceptors (Lipinski definition) is 2. The summed E-state index contributed by atoms with van der Waals surface area (Å²) >= 11 is 0. The Labute approximate surface area is 100 Å². The van der Waals surface area contributed by atoms with Gasteiger partial charge in [-0.05, 0) is 44.0 Å². The van der Waals surface area contributed by atoms with Crippen molar-refractivity contribution in [3.8, 4) is 0 Å². The fraction of sp³-hybridized carbons (Fsp3) is 0.462. The van der Waals surface area contributed by atoms with Crippen LogP contribution in [0.4, 0.5) is 4.39 Å². The molecule has 3 nitrogen and oxygen atoms in total. The van der Waals surface area contributed by atoms with Gasteiger partial charge < -0.3 is 10.6 Å². The highest BCUT2D eigenvalue weighted by Crippen LogP contribution is 2.18. The van der Waals surface area contributed by atoms with E-state index in [-0.39, 0.29) is 11.7 Å². The third-order valence-corrected chi connectivity index (χ3v) is 2.74. The molecular weight excluding hydrogens is 219 g/mol. The zero-order chi connectivity index (χ0) is 12.1. The van der Waals surface area contributed by atoms with Crippen molar-refractivity contribution in [2.24, 2.45) is 0 Å². The van der Waals surface area contributed by atoms with Gasteiger partial charge in [0.15, 0.2) is 0 Å². The van der Waals surface area contributed by atoms with Crippen LogP contribution in [-0.2, 0) is 0 Å². The molecule has 0 atom stereocenters. The van der Waals surface area contributed by atoms with Crippen molar-refractivity contribution in [2.75, 3.05) is 13.1 Å². The molecule has 2 N–H and O–H groups in total. The maximum absolute atomic E-state index is 12.9. The summed E-state index contributed by atoms with van der Waals surface area (Å²) in [6.45, 7) is 1.54. The highest BCUT2D eigenvalue weighted by atomic mass is 19.1. The maximum Gasteiger partial charge on any atom is 0.251 e. The van der Waals surface area contributed by atoms with Crippen molar-refractivity contribution in [1.82, 2.24) is 10.6 Å². The molecule has 1 aromatic rings. The Kier molecular flexibility index (Phi) is 4.09. The first kappa shape index (κ1) is 12.0. The summed E-state index contributed by atoms with van der Waals surface area (Å²) in [5.74, 6) is -0.594. The number of benzene rings is 1. The van der Waals surface area contributed by atoms with Crippen LogP contribution in [0.15, 0.2) is 24.3 Å². The van der Waals surface area contributed by atoms with E-state index in [0.29, 0.717) is 18.2 Å². The lowest BCUT2D eigenvalue weighted by molar-refractivity contribution is 0.0953. The molecule has 1 aliphatic carbocycles. The average Bonchev–Trinajstić information content (AvgIpc) is 3.12. The molecule has 1 saturated carbocycles. The van der Waals surface area contributed by atoms with Crippen molar-refractivity contribution in [1.29, 1.82) is 0 Å². The van der Waals surface area contributed by atoms with E-state index in [1.54, 1.807) is 12.1 Å². The molecule has 0 heterocycles. The number of amides is 1. The molecule has 1 aliphatic rings. The first-order valence-electron chi connectivity index (χ1n) is 6.03. The number of carbonyl (C=O) groups is 1. The quantitative estimate of drug-likeness (QED) is 0.738. The lowest BCUT2D eigenvalue weighted by Crippen LogP contribution is -2.27. The summed E-state index contributed by atoms with van der Waals surface area (Å²) in [4.78, 5) is 11.6. The summed E-state index contributed by atoms with van der Waals surface area (Å²) in [5, 5.41) is 6.14. The summed E-state index contributed by atoms with van der Waals surface area (Å²) in [6, 6.07) is 6.43. The fourth-order valence-corrected chi connectivity index (χ4v) is 1.62. The minimum absolute atomic E-state index is 0.212. The molecule has 0 saturated heterocycles. The van der Waals surface area contributed by atoms with Gasteiger partial charge in [-0.3, -0.25) is 4.79 Å². The van der Waals surface area contributed by atoms with E-state index in [1.807, 2.05) is 0 Å². The summed E-state index contributed by atoms with van der Waals surface area (Å²) in [5.41, 5.74) is 0.375. The number of hydrogen-bond donors (Lipinski definition) is 2. The molecule has 2 rings (SSSR count). The molecule has 0 aliphatic heterocycles. The van der Waals surface area contributed by atoms with Gasteiger partial charge in [0.1, 0.15) is 5.82 Å². The monoisotopic (exact) mass is 236 g/mol. The van der Waals surface area contributed by atoms with Crippen molar-refractivity contribution in [3.05, 3.63) is 35.6 Å². The summed E-state index contributed by atoms with van der Waals surface area (Å²) in [7, 11) is 0. The predicted molar refractivity (Wildman–Crippen MR) is 64.4 cm³/mol. The molecule has 4 heteroatoms. The minimum atomic E-state index is -0.381. The van der Waals surface area contributed by atoms with E-state index in [4.69, 9.17) is 0 Å². The van der Waals surface area contributed by atoms with Crippen LogP contribution in [0.3, 0.4) is 0 Å². The van der Waals surface area contributed by atoms with E-state index in [9.17, 15) is 9.18 Å². The number of halogens is 1. The maximum atomic E-state index is 12.9. The number of nitrogens with one attached hydrogen (secondary N) is 2. The van der Waals surface area contributed by atoms with Gasteiger partial charge in [0.25, 0.3) is 5.91 Å². The first-order valence-corrected chi connectivity index (χ1v) is 6.03. The number of carbonyl (C=O) groups excluding carboxylic acids is 1. The van der Waals surface area contributed by atoms with Crippen LogP contribution in [-0.4, -0.2) is 25.0 Å². The molecule has 1 fully saturated rings. The van der Waals surface area contributed by atoms with Gasteiger partial charge in [-0.1, -0.05) is 6.07 Å². The fourth-order valence-electron chi connectivity index (χ4n) is 1.62. The predicted octanol–water partition coefficient (Wildman–Crippen LogP) is 1.70. The van der Waals surface area contributed by atoms with Gasteiger partial charge in [-0.15, -0.1) is 0 Å². The Balaban J connectivity index is 1.65.